The molecule has 3 aromatic rings. The Hall–Kier alpha value is -3.59. The maximum atomic E-state index is 14.4. The van der Waals surface area contributed by atoms with Gasteiger partial charge in [-0.05, 0) is 71.7 Å². The number of halogens is 1. The number of carbonyl (C=O) groups excluding carboxylic acids is 3. The maximum Gasteiger partial charge on any atom is 0.363 e. The van der Waals surface area contributed by atoms with Crippen molar-refractivity contribution in [3.63, 3.8) is 0 Å². The molecule has 6 atom stereocenters. The summed E-state index contributed by atoms with van der Waals surface area (Å²) in [5.41, 5.74) is 1.28. The number of carbonyl (C=O) groups is 3. The van der Waals surface area contributed by atoms with Crippen molar-refractivity contribution >= 4 is 36.1 Å². The first kappa shape index (κ1) is 31.4. The van der Waals surface area contributed by atoms with Gasteiger partial charge in [-0.3, -0.25) is 18.9 Å². The monoisotopic (exact) mass is 635 g/mol. The van der Waals surface area contributed by atoms with Crippen LogP contribution in [0.4, 0.5) is 4.39 Å². The molecule has 9 nitrogen and oxygen atoms in total. The third-order valence-corrected chi connectivity index (χ3v) is 10.7. The second-order valence-electron chi connectivity index (χ2n) is 12.8. The molecule has 3 aliphatic rings. The average molecular weight is 636 g/mol. The topological polar surface area (TPSA) is 127 Å². The minimum atomic E-state index is -4.99. The fourth-order valence-corrected chi connectivity index (χ4v) is 7.94. The van der Waals surface area contributed by atoms with E-state index in [1.165, 1.54) is 23.8 Å². The maximum absolute atomic E-state index is 14.4. The molecule has 3 amide bonds. The molecule has 6 rings (SSSR count). The number of fused-ring (bicyclic) bond motifs is 2. The fourth-order valence-electron chi connectivity index (χ4n) is 7.39. The number of benzene rings is 3. The Labute approximate surface area is 261 Å². The van der Waals surface area contributed by atoms with E-state index in [0.717, 1.165) is 25.7 Å². The van der Waals surface area contributed by atoms with E-state index in [2.05, 4.69) is 24.4 Å². The number of nitrogens with zero attached hydrogens (tertiary/aromatic N) is 2. The lowest BCUT2D eigenvalue weighted by Crippen LogP contribution is -2.56. The van der Waals surface area contributed by atoms with Crippen molar-refractivity contribution in [2.75, 3.05) is 13.1 Å². The zero-order chi connectivity index (χ0) is 31.9. The van der Waals surface area contributed by atoms with Gasteiger partial charge in [0.1, 0.15) is 12.1 Å². The third-order valence-electron chi connectivity index (χ3n) is 9.77. The van der Waals surface area contributed by atoms with Gasteiger partial charge in [0.25, 0.3) is 5.91 Å². The van der Waals surface area contributed by atoms with Crippen LogP contribution >= 0.6 is 7.60 Å². The highest BCUT2D eigenvalue weighted by molar-refractivity contribution is 7.51. The number of hydrogen-bond donors (Lipinski definition) is 3. The molecule has 3 saturated heterocycles. The van der Waals surface area contributed by atoms with Crippen molar-refractivity contribution in [2.24, 2.45) is 5.92 Å². The van der Waals surface area contributed by atoms with Gasteiger partial charge >= 0.3 is 7.60 Å². The van der Waals surface area contributed by atoms with E-state index >= 15 is 0 Å². The molecule has 2 unspecified atom stereocenters. The first-order valence-corrected chi connectivity index (χ1v) is 17.4. The van der Waals surface area contributed by atoms with Crippen molar-refractivity contribution in [1.29, 1.82) is 0 Å². The molecule has 3 aromatic carbocycles. The lowest BCUT2D eigenvalue weighted by atomic mass is 9.90. The van der Waals surface area contributed by atoms with E-state index in [1.54, 1.807) is 23.1 Å². The number of amides is 3. The van der Waals surface area contributed by atoms with Crippen LogP contribution in [0.5, 0.6) is 0 Å². The SMILES string of the molecule is C[C@H]1CN(C(=O)[C@@H]2CC[C@@H]3CCCCC(NC(=O)c4ccc5ccc(C(F)P(=O)(O)O)cc5c4)C(=O)N32)C[C@@H]1c1ccccc1. The summed E-state index contributed by atoms with van der Waals surface area (Å²) in [7, 11) is -4.99. The number of likely N-dealkylation sites (tertiary alicyclic amines) is 1. The van der Waals surface area contributed by atoms with Crippen LogP contribution in [0.1, 0.15) is 78.8 Å². The Balaban J connectivity index is 1.19. The van der Waals surface area contributed by atoms with E-state index < -0.39 is 31.5 Å². The lowest BCUT2D eigenvalue weighted by Gasteiger charge is -2.36. The molecule has 0 saturated carbocycles. The van der Waals surface area contributed by atoms with E-state index in [0.29, 0.717) is 42.6 Å². The Kier molecular flexibility index (Phi) is 8.83. The summed E-state index contributed by atoms with van der Waals surface area (Å²) in [6.45, 7) is 3.42. The molecule has 45 heavy (non-hydrogen) atoms. The van der Waals surface area contributed by atoms with Crippen LogP contribution < -0.4 is 5.32 Å². The Morgan fingerprint density at radius 3 is 2.42 bits per heavy atom. The number of nitrogens with one attached hydrogen (secondary N) is 1. The summed E-state index contributed by atoms with van der Waals surface area (Å²) in [5, 5.41) is 4.02. The molecule has 0 aromatic heterocycles. The summed E-state index contributed by atoms with van der Waals surface area (Å²) in [4.78, 5) is 63.7. The second-order valence-corrected chi connectivity index (χ2v) is 14.4. The van der Waals surface area contributed by atoms with Crippen LogP contribution in [0.15, 0.2) is 66.7 Å². The van der Waals surface area contributed by atoms with Gasteiger partial charge < -0.3 is 24.9 Å². The quantitative estimate of drug-likeness (QED) is 0.317. The van der Waals surface area contributed by atoms with Gasteiger partial charge in [-0.15, -0.1) is 0 Å². The van der Waals surface area contributed by atoms with Gasteiger partial charge in [0.2, 0.25) is 17.7 Å². The number of alkyl halides is 1. The summed E-state index contributed by atoms with van der Waals surface area (Å²) in [6.07, 6.45) is 4.30. The van der Waals surface area contributed by atoms with Crippen molar-refractivity contribution in [2.45, 2.75) is 75.4 Å². The zero-order valence-corrected chi connectivity index (χ0v) is 26.1. The van der Waals surface area contributed by atoms with Crippen LogP contribution in [-0.2, 0) is 14.2 Å². The Morgan fingerprint density at radius 2 is 1.67 bits per heavy atom. The van der Waals surface area contributed by atoms with Crippen LogP contribution in [0.3, 0.4) is 0 Å². The average Bonchev–Trinajstić information content (AvgIpc) is 3.63. The minimum Gasteiger partial charge on any atom is -0.340 e. The summed E-state index contributed by atoms with van der Waals surface area (Å²) in [6, 6.07) is 17.8. The lowest BCUT2D eigenvalue weighted by molar-refractivity contribution is -0.146. The Bertz CT molecular complexity index is 1650. The molecule has 3 aliphatic heterocycles. The van der Waals surface area contributed by atoms with Crippen LogP contribution in [-0.4, -0.2) is 68.5 Å². The summed E-state index contributed by atoms with van der Waals surface area (Å²) < 4.78 is 25.8. The van der Waals surface area contributed by atoms with E-state index in [4.69, 9.17) is 0 Å². The van der Waals surface area contributed by atoms with Gasteiger partial charge in [-0.2, -0.15) is 0 Å². The van der Waals surface area contributed by atoms with Crippen molar-refractivity contribution in [3.8, 4) is 0 Å². The highest BCUT2D eigenvalue weighted by Crippen LogP contribution is 2.53. The molecule has 0 spiro atoms. The van der Waals surface area contributed by atoms with Crippen LogP contribution in [0.25, 0.3) is 10.8 Å². The van der Waals surface area contributed by atoms with Gasteiger partial charge in [0, 0.05) is 30.6 Å². The second kappa shape index (κ2) is 12.7. The fraction of sp³-hybridized carbons (Fsp3) is 0.441. The first-order chi connectivity index (χ1) is 21.5. The van der Waals surface area contributed by atoms with E-state index in [-0.39, 0.29) is 34.9 Å². The highest BCUT2D eigenvalue weighted by Gasteiger charge is 2.46. The van der Waals surface area contributed by atoms with Gasteiger partial charge in [-0.1, -0.05) is 68.3 Å². The van der Waals surface area contributed by atoms with E-state index in [9.17, 15) is 33.1 Å². The summed E-state index contributed by atoms with van der Waals surface area (Å²) >= 11 is 0. The Morgan fingerprint density at radius 1 is 0.933 bits per heavy atom. The molecule has 0 aliphatic carbocycles. The number of hydrogen-bond acceptors (Lipinski definition) is 4. The van der Waals surface area contributed by atoms with Gasteiger partial charge in [0.05, 0.1) is 0 Å². The van der Waals surface area contributed by atoms with Crippen LogP contribution in [0.2, 0.25) is 0 Å². The molecule has 0 bridgehead atoms. The minimum absolute atomic E-state index is 0.0198. The molecule has 238 valence electrons. The molecular formula is C34H39FN3O6P. The predicted octanol–water partition coefficient (Wildman–Crippen LogP) is 5.28. The van der Waals surface area contributed by atoms with Gasteiger partial charge in [0.15, 0.2) is 0 Å². The zero-order valence-electron chi connectivity index (χ0n) is 25.2. The molecule has 3 fully saturated rings. The summed E-state index contributed by atoms with van der Waals surface area (Å²) in [5.74, 6) is -2.66. The number of rotatable bonds is 6. The van der Waals surface area contributed by atoms with Gasteiger partial charge in [-0.25, -0.2) is 4.39 Å². The predicted molar refractivity (Wildman–Crippen MR) is 168 cm³/mol. The van der Waals surface area contributed by atoms with Crippen LogP contribution in [0, 0.1) is 5.92 Å². The standard InChI is InChI=1S/C34H39FN3O6P/c1-21-19-37(20-28(21)23-7-3-2-4-8-23)34(41)30-16-15-27-9-5-6-10-29(33(40)38(27)30)36-32(39)25-14-12-22-11-13-24(17-26(22)18-25)31(35)45(42,43)44/h2-4,7-8,11-14,17-18,21,27-31H,5-6,9-10,15-16,19-20H2,1H3,(H,36,39)(H2,42,43,44)/t21-,27-,28-,29?,30-,31?/m0/s1. The molecular weight excluding hydrogens is 596 g/mol. The third kappa shape index (κ3) is 6.41. The first-order valence-electron chi connectivity index (χ1n) is 15.7. The smallest absolute Gasteiger partial charge is 0.340 e. The van der Waals surface area contributed by atoms with Crippen molar-refractivity contribution < 1.29 is 33.1 Å². The molecule has 0 radical (unpaired) electrons. The normalized spacial score (nSPS) is 26.3. The molecule has 3 N–H and O–H groups in total. The largest absolute Gasteiger partial charge is 0.363 e. The highest BCUT2D eigenvalue weighted by atomic mass is 31.2. The van der Waals surface area contributed by atoms with Crippen molar-refractivity contribution in [1.82, 2.24) is 15.1 Å². The molecule has 11 heteroatoms. The molecule has 3 heterocycles. The van der Waals surface area contributed by atoms with Crippen molar-refractivity contribution in [3.05, 3.63) is 83.4 Å². The van der Waals surface area contributed by atoms with E-state index in [1.807, 2.05) is 23.1 Å².